The Hall–Kier alpha value is -1.26. The van der Waals surface area contributed by atoms with Crippen LogP contribution in [0.3, 0.4) is 0 Å². The van der Waals surface area contributed by atoms with E-state index in [0.29, 0.717) is 0 Å². The zero-order chi connectivity index (χ0) is 8.48. The summed E-state index contributed by atoms with van der Waals surface area (Å²) in [6, 6.07) is 0. The lowest BCUT2D eigenvalue weighted by Gasteiger charge is -2.12. The number of rotatable bonds is 1. The topological polar surface area (TPSA) is 71.5 Å². The highest BCUT2D eigenvalue weighted by molar-refractivity contribution is 5.96. The molecule has 0 amide bonds. The lowest BCUT2D eigenvalue weighted by Crippen LogP contribution is -2.21. The molecule has 0 aliphatic carbocycles. The molecule has 5 heteroatoms. The molecule has 0 unspecified atom stereocenters. The van der Waals surface area contributed by atoms with Gasteiger partial charge in [0.05, 0.1) is 0 Å². The first-order chi connectivity index (χ1) is 5.02. The first kappa shape index (κ1) is 7.84. The van der Waals surface area contributed by atoms with Gasteiger partial charge < -0.3 is 0 Å². The Morgan fingerprint density at radius 1 is 1.45 bits per heavy atom. The van der Waals surface area contributed by atoms with Crippen LogP contribution in [0.25, 0.3) is 0 Å². The Labute approximate surface area is 64.2 Å². The van der Waals surface area contributed by atoms with Gasteiger partial charge in [-0.15, -0.1) is 10.2 Å². The van der Waals surface area contributed by atoms with E-state index in [1.165, 1.54) is 0 Å². The molecule has 1 heterocycles. The van der Waals surface area contributed by atoms with Crippen LogP contribution in [0, 0.1) is 5.41 Å². The van der Waals surface area contributed by atoms with Gasteiger partial charge in [0.25, 0.3) is 0 Å². The molecule has 1 aromatic heterocycles. The summed E-state index contributed by atoms with van der Waals surface area (Å²) in [5.41, 5.74) is -0.441. The Bertz CT molecular complexity index is 246. The van der Waals surface area contributed by atoms with Gasteiger partial charge in [0.15, 0.2) is 0 Å². The number of carbonyl (C=O) groups excluding carboxylic acids is 1. The standard InChI is InChI=1S/C6H10N4O/c1-6(2,3)4(11)5-7-9-10-8-5/h1-3H3,(H,7,8,9,10). The van der Waals surface area contributed by atoms with Gasteiger partial charge in [0.2, 0.25) is 11.6 Å². The number of aromatic nitrogens is 4. The Kier molecular flexibility index (Phi) is 1.72. The Balaban J connectivity index is 2.88. The number of hydrogen-bond acceptors (Lipinski definition) is 4. The molecular weight excluding hydrogens is 144 g/mol. The van der Waals surface area contributed by atoms with E-state index in [0.717, 1.165) is 0 Å². The summed E-state index contributed by atoms with van der Waals surface area (Å²) in [6.45, 7) is 5.43. The van der Waals surface area contributed by atoms with Gasteiger partial charge in [0, 0.05) is 5.41 Å². The number of aromatic amines is 1. The van der Waals surface area contributed by atoms with Crippen molar-refractivity contribution >= 4 is 5.78 Å². The van der Waals surface area contributed by atoms with Gasteiger partial charge in [-0.1, -0.05) is 20.8 Å². The summed E-state index contributed by atoms with van der Waals surface area (Å²) >= 11 is 0. The molecule has 0 aliphatic heterocycles. The van der Waals surface area contributed by atoms with Crippen molar-refractivity contribution in [2.45, 2.75) is 20.8 Å². The Morgan fingerprint density at radius 2 is 2.09 bits per heavy atom. The second-order valence-corrected chi connectivity index (χ2v) is 3.31. The van der Waals surface area contributed by atoms with Crippen LogP contribution in [0.2, 0.25) is 0 Å². The first-order valence-corrected chi connectivity index (χ1v) is 3.30. The number of nitrogens with one attached hydrogen (secondary N) is 1. The van der Waals surface area contributed by atoms with Crippen molar-refractivity contribution in [1.29, 1.82) is 0 Å². The van der Waals surface area contributed by atoms with Crippen molar-refractivity contribution < 1.29 is 4.79 Å². The van der Waals surface area contributed by atoms with Crippen molar-refractivity contribution in [3.63, 3.8) is 0 Å². The lowest BCUT2D eigenvalue weighted by molar-refractivity contribution is 0.0847. The molecule has 11 heavy (non-hydrogen) atoms. The van der Waals surface area contributed by atoms with Crippen molar-refractivity contribution in [1.82, 2.24) is 20.6 Å². The van der Waals surface area contributed by atoms with Crippen molar-refractivity contribution in [2.24, 2.45) is 5.41 Å². The van der Waals surface area contributed by atoms with Crippen LogP contribution in [0.5, 0.6) is 0 Å². The molecule has 5 nitrogen and oxygen atoms in total. The molecule has 0 aliphatic rings. The molecule has 0 radical (unpaired) electrons. The maximum atomic E-state index is 11.3. The SMILES string of the molecule is CC(C)(C)C(=O)c1nn[nH]n1. The quantitative estimate of drug-likeness (QED) is 0.595. The number of H-pyrrole nitrogens is 1. The third-order valence-corrected chi connectivity index (χ3v) is 1.23. The molecular formula is C6H10N4O. The Morgan fingerprint density at radius 3 is 2.45 bits per heavy atom. The smallest absolute Gasteiger partial charge is 0.240 e. The number of carbonyl (C=O) groups is 1. The van der Waals surface area contributed by atoms with Gasteiger partial charge >= 0.3 is 0 Å². The maximum absolute atomic E-state index is 11.3. The second-order valence-electron chi connectivity index (χ2n) is 3.31. The summed E-state index contributed by atoms with van der Waals surface area (Å²) in [4.78, 5) is 11.3. The van der Waals surface area contributed by atoms with Crippen LogP contribution in [0.4, 0.5) is 0 Å². The van der Waals surface area contributed by atoms with Gasteiger partial charge in [-0.05, 0) is 5.21 Å². The van der Waals surface area contributed by atoms with Crippen LogP contribution in [0.15, 0.2) is 0 Å². The molecule has 0 bridgehead atoms. The number of ketones is 1. The fourth-order valence-electron chi connectivity index (χ4n) is 0.593. The number of Topliss-reactive ketones (excluding diaryl/α,β-unsaturated/α-hetero) is 1. The summed E-state index contributed by atoms with van der Waals surface area (Å²) in [7, 11) is 0. The number of nitrogens with zero attached hydrogens (tertiary/aromatic N) is 3. The molecule has 1 aromatic rings. The molecule has 1 N–H and O–H groups in total. The van der Waals surface area contributed by atoms with E-state index in [2.05, 4.69) is 20.6 Å². The summed E-state index contributed by atoms with van der Waals surface area (Å²) < 4.78 is 0. The zero-order valence-corrected chi connectivity index (χ0v) is 6.75. The van der Waals surface area contributed by atoms with E-state index in [4.69, 9.17) is 0 Å². The predicted octanol–water partition coefficient (Wildman–Crippen LogP) is 0.428. The molecule has 1 rings (SSSR count). The summed E-state index contributed by atoms with van der Waals surface area (Å²) in [5, 5.41) is 12.7. The fourth-order valence-corrected chi connectivity index (χ4v) is 0.593. The van der Waals surface area contributed by atoms with Crippen LogP contribution in [-0.2, 0) is 0 Å². The normalized spacial score (nSPS) is 11.5. The molecule has 0 fully saturated rings. The average molecular weight is 154 g/mol. The minimum atomic E-state index is -0.441. The van der Waals surface area contributed by atoms with Gasteiger partial charge in [-0.25, -0.2) is 0 Å². The van der Waals surface area contributed by atoms with E-state index in [1.54, 1.807) is 0 Å². The third kappa shape index (κ3) is 1.60. The van der Waals surface area contributed by atoms with Crippen LogP contribution < -0.4 is 0 Å². The highest BCUT2D eigenvalue weighted by Gasteiger charge is 2.26. The van der Waals surface area contributed by atoms with Crippen LogP contribution in [0.1, 0.15) is 31.4 Å². The van der Waals surface area contributed by atoms with Crippen LogP contribution >= 0.6 is 0 Å². The van der Waals surface area contributed by atoms with Crippen molar-refractivity contribution in [3.05, 3.63) is 5.82 Å². The highest BCUT2D eigenvalue weighted by Crippen LogP contribution is 2.17. The van der Waals surface area contributed by atoms with Crippen molar-refractivity contribution in [3.8, 4) is 0 Å². The predicted molar refractivity (Wildman–Crippen MR) is 38.0 cm³/mol. The van der Waals surface area contributed by atoms with E-state index in [1.807, 2.05) is 20.8 Å². The van der Waals surface area contributed by atoms with Gasteiger partial charge in [-0.2, -0.15) is 5.21 Å². The molecule has 0 saturated carbocycles. The molecule has 0 aromatic carbocycles. The summed E-state index contributed by atoms with van der Waals surface area (Å²) in [5.74, 6) is 0.0451. The van der Waals surface area contributed by atoms with Crippen molar-refractivity contribution in [2.75, 3.05) is 0 Å². The zero-order valence-electron chi connectivity index (χ0n) is 6.75. The van der Waals surface area contributed by atoms with E-state index >= 15 is 0 Å². The molecule has 60 valence electrons. The van der Waals surface area contributed by atoms with E-state index in [9.17, 15) is 4.79 Å². The van der Waals surface area contributed by atoms with E-state index in [-0.39, 0.29) is 11.6 Å². The number of hydrogen-bond donors (Lipinski definition) is 1. The average Bonchev–Trinajstić information content (AvgIpc) is 2.34. The number of tetrazole rings is 1. The lowest BCUT2D eigenvalue weighted by atomic mass is 9.90. The fraction of sp³-hybridized carbons (Fsp3) is 0.667. The monoisotopic (exact) mass is 154 g/mol. The summed E-state index contributed by atoms with van der Waals surface area (Å²) in [6.07, 6.45) is 0. The van der Waals surface area contributed by atoms with E-state index < -0.39 is 5.41 Å². The third-order valence-electron chi connectivity index (χ3n) is 1.23. The first-order valence-electron chi connectivity index (χ1n) is 3.30. The highest BCUT2D eigenvalue weighted by atomic mass is 16.1. The largest absolute Gasteiger partial charge is 0.290 e. The molecule has 0 atom stereocenters. The molecule has 0 saturated heterocycles. The maximum Gasteiger partial charge on any atom is 0.240 e. The minimum absolute atomic E-state index is 0.105. The second kappa shape index (κ2) is 2.41. The van der Waals surface area contributed by atoms with Gasteiger partial charge in [-0.3, -0.25) is 4.79 Å². The van der Waals surface area contributed by atoms with Gasteiger partial charge in [0.1, 0.15) is 0 Å². The molecule has 0 spiro atoms. The van der Waals surface area contributed by atoms with Crippen LogP contribution in [-0.4, -0.2) is 26.4 Å². The minimum Gasteiger partial charge on any atom is -0.290 e.